The maximum absolute atomic E-state index is 12.5. The van der Waals surface area contributed by atoms with Gasteiger partial charge < -0.3 is 10.2 Å². The summed E-state index contributed by atoms with van der Waals surface area (Å²) in [5.74, 6) is -0.143. The number of rotatable bonds is 4. The average molecular weight is 346 g/mol. The van der Waals surface area contributed by atoms with Gasteiger partial charge in [-0.1, -0.05) is 36.9 Å². The zero-order valence-corrected chi connectivity index (χ0v) is 14.8. The number of fused-ring (bicyclic) bond motifs is 2. The minimum absolute atomic E-state index is 0.0690. The van der Waals surface area contributed by atoms with Crippen molar-refractivity contribution in [2.24, 2.45) is 0 Å². The molecule has 0 fully saturated rings. The van der Waals surface area contributed by atoms with Gasteiger partial charge in [0.05, 0.1) is 0 Å². The number of carbonyl (C=O) groups excluding carboxylic acids is 2. The number of hydrogen-bond donors (Lipinski definition) is 1. The fourth-order valence-electron chi connectivity index (χ4n) is 3.90. The monoisotopic (exact) mass is 346 g/mol. The van der Waals surface area contributed by atoms with E-state index in [4.69, 9.17) is 0 Å². The van der Waals surface area contributed by atoms with Crippen LogP contribution in [-0.2, 0) is 17.6 Å². The number of anilines is 1. The first-order chi connectivity index (χ1) is 12.6. The van der Waals surface area contributed by atoms with Crippen molar-refractivity contribution >= 4 is 23.2 Å². The number of benzene rings is 2. The van der Waals surface area contributed by atoms with E-state index >= 15 is 0 Å². The SMILES string of the molecule is C=C1c2ccccc2C(=O)N1CCC(=O)Nc1cccc2c1CCCC2. The van der Waals surface area contributed by atoms with Crippen LogP contribution in [0.2, 0.25) is 0 Å². The fourth-order valence-corrected chi connectivity index (χ4v) is 3.90. The lowest BCUT2D eigenvalue weighted by atomic mass is 9.90. The van der Waals surface area contributed by atoms with Gasteiger partial charge in [0.2, 0.25) is 5.91 Å². The molecule has 2 aliphatic rings. The van der Waals surface area contributed by atoms with E-state index in [2.05, 4.69) is 18.0 Å². The Morgan fingerprint density at radius 2 is 1.81 bits per heavy atom. The molecule has 2 amide bonds. The van der Waals surface area contributed by atoms with Crippen LogP contribution < -0.4 is 5.32 Å². The molecule has 26 heavy (non-hydrogen) atoms. The van der Waals surface area contributed by atoms with Crippen LogP contribution in [0.25, 0.3) is 5.70 Å². The van der Waals surface area contributed by atoms with Crippen molar-refractivity contribution in [2.75, 3.05) is 11.9 Å². The Kier molecular flexibility index (Phi) is 4.33. The van der Waals surface area contributed by atoms with Crippen molar-refractivity contribution in [1.82, 2.24) is 4.90 Å². The van der Waals surface area contributed by atoms with E-state index in [1.165, 1.54) is 24.0 Å². The van der Waals surface area contributed by atoms with E-state index in [0.717, 1.165) is 24.1 Å². The first-order valence-electron chi connectivity index (χ1n) is 9.16. The zero-order chi connectivity index (χ0) is 18.1. The number of amides is 2. The number of aryl methyl sites for hydroxylation is 1. The van der Waals surface area contributed by atoms with Gasteiger partial charge in [0.1, 0.15) is 0 Å². The van der Waals surface area contributed by atoms with Gasteiger partial charge in [-0.15, -0.1) is 0 Å². The Bertz CT molecular complexity index is 866. The van der Waals surface area contributed by atoms with Crippen LogP contribution in [0.15, 0.2) is 49.0 Å². The van der Waals surface area contributed by atoms with Crippen LogP contribution in [0.1, 0.15) is 46.3 Å². The predicted molar refractivity (Wildman–Crippen MR) is 103 cm³/mol. The molecule has 132 valence electrons. The normalized spacial score (nSPS) is 15.6. The Balaban J connectivity index is 1.41. The van der Waals surface area contributed by atoms with Gasteiger partial charge in [-0.05, 0) is 48.9 Å². The fraction of sp³-hybridized carbons (Fsp3) is 0.273. The standard InChI is InChI=1S/C22H22N2O2/c1-15-17-9-4-5-11-19(17)22(26)24(15)14-13-21(25)23-20-12-6-8-16-7-2-3-10-18(16)20/h4-6,8-9,11-12H,1-3,7,10,13-14H2,(H,23,25). The van der Waals surface area contributed by atoms with E-state index < -0.39 is 0 Å². The van der Waals surface area contributed by atoms with Crippen LogP contribution >= 0.6 is 0 Å². The number of nitrogens with zero attached hydrogens (tertiary/aromatic N) is 1. The topological polar surface area (TPSA) is 49.4 Å². The van der Waals surface area contributed by atoms with Crippen LogP contribution in [0.5, 0.6) is 0 Å². The largest absolute Gasteiger partial charge is 0.326 e. The van der Waals surface area contributed by atoms with Crippen LogP contribution in [0.3, 0.4) is 0 Å². The van der Waals surface area contributed by atoms with E-state index in [0.29, 0.717) is 17.8 Å². The molecule has 0 atom stereocenters. The third-order valence-electron chi connectivity index (χ3n) is 5.27. The van der Waals surface area contributed by atoms with E-state index in [1.807, 2.05) is 30.3 Å². The van der Waals surface area contributed by atoms with Gasteiger partial charge in [-0.3, -0.25) is 9.59 Å². The first kappa shape index (κ1) is 16.6. The highest BCUT2D eigenvalue weighted by Crippen LogP contribution is 2.31. The summed E-state index contributed by atoms with van der Waals surface area (Å²) in [4.78, 5) is 26.6. The number of carbonyl (C=O) groups is 2. The van der Waals surface area contributed by atoms with Crippen molar-refractivity contribution in [3.63, 3.8) is 0 Å². The maximum Gasteiger partial charge on any atom is 0.258 e. The lowest BCUT2D eigenvalue weighted by Gasteiger charge is -2.20. The van der Waals surface area contributed by atoms with Gasteiger partial charge in [0, 0.05) is 35.5 Å². The molecule has 1 heterocycles. The summed E-state index contributed by atoms with van der Waals surface area (Å²) in [5, 5.41) is 3.04. The molecular formula is C22H22N2O2. The molecule has 1 aliphatic heterocycles. The van der Waals surface area contributed by atoms with Gasteiger partial charge in [-0.2, -0.15) is 0 Å². The Hall–Kier alpha value is -2.88. The van der Waals surface area contributed by atoms with Crippen LogP contribution in [0.4, 0.5) is 5.69 Å². The minimum Gasteiger partial charge on any atom is -0.326 e. The van der Waals surface area contributed by atoms with Crippen LogP contribution in [0, 0.1) is 0 Å². The molecule has 2 aromatic rings. The third-order valence-corrected chi connectivity index (χ3v) is 5.27. The average Bonchev–Trinajstić information content (AvgIpc) is 2.91. The van der Waals surface area contributed by atoms with E-state index in [-0.39, 0.29) is 18.2 Å². The zero-order valence-electron chi connectivity index (χ0n) is 14.8. The molecule has 1 aliphatic carbocycles. The lowest BCUT2D eigenvalue weighted by molar-refractivity contribution is -0.116. The minimum atomic E-state index is -0.0736. The summed E-state index contributed by atoms with van der Waals surface area (Å²) in [7, 11) is 0. The molecule has 0 spiro atoms. The molecule has 1 N–H and O–H groups in total. The predicted octanol–water partition coefficient (Wildman–Crippen LogP) is 4.02. The molecule has 0 bridgehead atoms. The van der Waals surface area contributed by atoms with Crippen molar-refractivity contribution in [3.8, 4) is 0 Å². The molecule has 4 heteroatoms. The second-order valence-corrected chi connectivity index (χ2v) is 6.90. The smallest absolute Gasteiger partial charge is 0.258 e. The molecule has 4 rings (SSSR count). The summed E-state index contributed by atoms with van der Waals surface area (Å²) < 4.78 is 0. The van der Waals surface area contributed by atoms with Crippen molar-refractivity contribution in [3.05, 3.63) is 71.3 Å². The number of nitrogens with one attached hydrogen (secondary N) is 1. The summed E-state index contributed by atoms with van der Waals surface area (Å²) in [6.45, 7) is 4.36. The Labute approximate surface area is 153 Å². The summed E-state index contributed by atoms with van der Waals surface area (Å²) in [5.41, 5.74) is 5.72. The number of hydrogen-bond acceptors (Lipinski definition) is 2. The summed E-state index contributed by atoms with van der Waals surface area (Å²) >= 11 is 0. The van der Waals surface area contributed by atoms with E-state index in [9.17, 15) is 9.59 Å². The molecule has 4 nitrogen and oxygen atoms in total. The van der Waals surface area contributed by atoms with Crippen molar-refractivity contribution in [1.29, 1.82) is 0 Å². The first-order valence-corrected chi connectivity index (χ1v) is 9.16. The molecule has 0 saturated heterocycles. The third kappa shape index (κ3) is 2.92. The van der Waals surface area contributed by atoms with Crippen molar-refractivity contribution < 1.29 is 9.59 Å². The van der Waals surface area contributed by atoms with Gasteiger partial charge in [0.25, 0.3) is 5.91 Å². The van der Waals surface area contributed by atoms with Gasteiger partial charge in [0.15, 0.2) is 0 Å². The molecule has 0 saturated carbocycles. The second-order valence-electron chi connectivity index (χ2n) is 6.90. The molecule has 0 unspecified atom stereocenters. The quantitative estimate of drug-likeness (QED) is 0.909. The highest BCUT2D eigenvalue weighted by Gasteiger charge is 2.30. The van der Waals surface area contributed by atoms with E-state index in [1.54, 1.807) is 11.0 Å². The van der Waals surface area contributed by atoms with Gasteiger partial charge >= 0.3 is 0 Å². The highest BCUT2D eigenvalue weighted by molar-refractivity contribution is 6.09. The Morgan fingerprint density at radius 1 is 1.04 bits per heavy atom. The Morgan fingerprint density at radius 3 is 2.62 bits per heavy atom. The molecule has 0 aromatic heterocycles. The molecular weight excluding hydrogens is 324 g/mol. The highest BCUT2D eigenvalue weighted by atomic mass is 16.2. The lowest BCUT2D eigenvalue weighted by Crippen LogP contribution is -2.27. The summed E-state index contributed by atoms with van der Waals surface area (Å²) in [6.07, 6.45) is 4.73. The maximum atomic E-state index is 12.5. The summed E-state index contributed by atoms with van der Waals surface area (Å²) in [6, 6.07) is 13.6. The van der Waals surface area contributed by atoms with Gasteiger partial charge in [-0.25, -0.2) is 0 Å². The van der Waals surface area contributed by atoms with Crippen molar-refractivity contribution in [2.45, 2.75) is 32.1 Å². The molecule has 0 radical (unpaired) electrons. The van der Waals surface area contributed by atoms with Crippen LogP contribution in [-0.4, -0.2) is 23.3 Å². The molecule has 2 aromatic carbocycles. The second kappa shape index (κ2) is 6.79.